The summed E-state index contributed by atoms with van der Waals surface area (Å²) in [7, 11) is -7.54. The molecule has 2 N–H and O–H groups in total. The number of sulfonamides is 2. The SMILES string of the molecule is C=CCNS(=O)(=O)c1cccc(C(=O)Nc2ccc(C)c(S(=O)(=O)N3CCOCC3)c2)c1. The average molecular weight is 480 g/mol. The molecule has 1 aliphatic rings. The first-order chi connectivity index (χ1) is 15.1. The minimum atomic E-state index is -3.79. The van der Waals surface area contributed by atoms with Gasteiger partial charge in [-0.15, -0.1) is 6.58 Å². The summed E-state index contributed by atoms with van der Waals surface area (Å²) in [5.41, 5.74) is 0.950. The lowest BCUT2D eigenvalue weighted by Crippen LogP contribution is -2.40. The van der Waals surface area contributed by atoms with E-state index in [1.165, 1.54) is 40.7 Å². The van der Waals surface area contributed by atoms with Crippen molar-refractivity contribution in [2.75, 3.05) is 38.2 Å². The summed E-state index contributed by atoms with van der Waals surface area (Å²) in [4.78, 5) is 12.8. The van der Waals surface area contributed by atoms with Crippen LogP contribution >= 0.6 is 0 Å². The number of ether oxygens (including phenoxy) is 1. The second kappa shape index (κ2) is 9.92. The van der Waals surface area contributed by atoms with Gasteiger partial charge in [0, 0.05) is 30.9 Å². The van der Waals surface area contributed by atoms with Gasteiger partial charge in [-0.05, 0) is 42.8 Å². The fourth-order valence-corrected chi connectivity index (χ4v) is 5.84. The second-order valence-corrected chi connectivity index (χ2v) is 10.8. The third-order valence-electron chi connectivity index (χ3n) is 4.86. The smallest absolute Gasteiger partial charge is 0.255 e. The van der Waals surface area contributed by atoms with E-state index < -0.39 is 26.0 Å². The van der Waals surface area contributed by atoms with Gasteiger partial charge in [0.05, 0.1) is 23.0 Å². The highest BCUT2D eigenvalue weighted by Gasteiger charge is 2.28. The normalized spacial score (nSPS) is 15.3. The van der Waals surface area contributed by atoms with Gasteiger partial charge in [0.2, 0.25) is 20.0 Å². The minimum Gasteiger partial charge on any atom is -0.379 e. The Bertz CT molecular complexity index is 1220. The van der Waals surface area contributed by atoms with E-state index in [9.17, 15) is 21.6 Å². The predicted octanol–water partition coefficient (Wildman–Crippen LogP) is 1.73. The number of hydrogen-bond donors (Lipinski definition) is 2. The van der Waals surface area contributed by atoms with E-state index in [1.54, 1.807) is 19.1 Å². The minimum absolute atomic E-state index is 0.0581. The van der Waals surface area contributed by atoms with Crippen LogP contribution in [0.3, 0.4) is 0 Å². The molecule has 0 spiro atoms. The van der Waals surface area contributed by atoms with Gasteiger partial charge in [0.1, 0.15) is 0 Å². The maximum Gasteiger partial charge on any atom is 0.255 e. The van der Waals surface area contributed by atoms with Crippen LogP contribution in [-0.2, 0) is 24.8 Å². The number of aryl methyl sites for hydroxylation is 1. The molecule has 1 aliphatic heterocycles. The van der Waals surface area contributed by atoms with E-state index in [-0.39, 0.29) is 40.7 Å². The van der Waals surface area contributed by atoms with E-state index in [4.69, 9.17) is 4.74 Å². The Kier molecular flexibility index (Phi) is 7.47. The molecule has 0 bridgehead atoms. The third-order valence-corrected chi connectivity index (χ3v) is 8.32. The number of carbonyl (C=O) groups is 1. The highest BCUT2D eigenvalue weighted by atomic mass is 32.2. The van der Waals surface area contributed by atoms with Crippen molar-refractivity contribution in [1.29, 1.82) is 0 Å². The van der Waals surface area contributed by atoms with Gasteiger partial charge in [0.25, 0.3) is 5.91 Å². The van der Waals surface area contributed by atoms with Crippen LogP contribution in [0.4, 0.5) is 5.69 Å². The van der Waals surface area contributed by atoms with Gasteiger partial charge in [-0.1, -0.05) is 18.2 Å². The molecule has 9 nitrogen and oxygen atoms in total. The summed E-state index contributed by atoms with van der Waals surface area (Å²) in [6.45, 7) is 6.39. The standard InChI is InChI=1S/C21H25N3O6S2/c1-3-9-22-31(26,27)19-6-4-5-17(14-19)21(25)23-18-8-7-16(2)20(15-18)32(28,29)24-10-12-30-13-11-24/h3-8,14-15,22H,1,9-13H2,2H3,(H,23,25). The summed E-state index contributed by atoms with van der Waals surface area (Å²) in [5, 5.41) is 2.64. The molecule has 1 fully saturated rings. The highest BCUT2D eigenvalue weighted by Crippen LogP contribution is 2.25. The van der Waals surface area contributed by atoms with Crippen LogP contribution in [0.1, 0.15) is 15.9 Å². The van der Waals surface area contributed by atoms with E-state index in [2.05, 4.69) is 16.6 Å². The molecular weight excluding hydrogens is 454 g/mol. The molecule has 0 unspecified atom stereocenters. The Morgan fingerprint density at radius 1 is 1.12 bits per heavy atom. The molecule has 0 radical (unpaired) electrons. The molecule has 11 heteroatoms. The quantitative estimate of drug-likeness (QED) is 0.556. The van der Waals surface area contributed by atoms with Crippen molar-refractivity contribution in [3.63, 3.8) is 0 Å². The monoisotopic (exact) mass is 479 g/mol. The van der Waals surface area contributed by atoms with Gasteiger partial charge in [-0.2, -0.15) is 4.31 Å². The van der Waals surface area contributed by atoms with Crippen molar-refractivity contribution >= 4 is 31.6 Å². The van der Waals surface area contributed by atoms with Gasteiger partial charge in [-0.25, -0.2) is 21.6 Å². The van der Waals surface area contributed by atoms with Crippen molar-refractivity contribution < 1.29 is 26.4 Å². The Morgan fingerprint density at radius 2 is 1.84 bits per heavy atom. The van der Waals surface area contributed by atoms with Crippen LogP contribution in [0.2, 0.25) is 0 Å². The number of nitrogens with one attached hydrogen (secondary N) is 2. The van der Waals surface area contributed by atoms with E-state index in [1.807, 2.05) is 0 Å². The zero-order valence-corrected chi connectivity index (χ0v) is 19.2. The van der Waals surface area contributed by atoms with Crippen LogP contribution in [0.15, 0.2) is 64.9 Å². The topological polar surface area (TPSA) is 122 Å². The van der Waals surface area contributed by atoms with Crippen LogP contribution in [0.25, 0.3) is 0 Å². The lowest BCUT2D eigenvalue weighted by molar-refractivity contribution is 0.0730. The summed E-state index contributed by atoms with van der Waals surface area (Å²) in [5.74, 6) is -0.565. The van der Waals surface area contributed by atoms with Crippen LogP contribution < -0.4 is 10.0 Å². The molecule has 32 heavy (non-hydrogen) atoms. The number of nitrogens with zero attached hydrogens (tertiary/aromatic N) is 1. The highest BCUT2D eigenvalue weighted by molar-refractivity contribution is 7.89. The number of anilines is 1. The van der Waals surface area contributed by atoms with Gasteiger partial charge >= 0.3 is 0 Å². The van der Waals surface area contributed by atoms with Crippen LogP contribution in [0, 0.1) is 6.92 Å². The van der Waals surface area contributed by atoms with Gasteiger partial charge in [-0.3, -0.25) is 4.79 Å². The van der Waals surface area contributed by atoms with Crippen molar-refractivity contribution in [3.05, 3.63) is 66.2 Å². The van der Waals surface area contributed by atoms with Crippen molar-refractivity contribution in [2.45, 2.75) is 16.7 Å². The van der Waals surface area contributed by atoms with Crippen molar-refractivity contribution in [3.8, 4) is 0 Å². The molecule has 0 aromatic heterocycles. The number of hydrogen-bond acceptors (Lipinski definition) is 6. The maximum absolute atomic E-state index is 13.0. The fourth-order valence-electron chi connectivity index (χ4n) is 3.14. The van der Waals surface area contributed by atoms with E-state index >= 15 is 0 Å². The summed E-state index contributed by atoms with van der Waals surface area (Å²) in [6.07, 6.45) is 1.41. The number of morpholine rings is 1. The predicted molar refractivity (Wildman–Crippen MR) is 121 cm³/mol. The number of amides is 1. The Hall–Kier alpha value is -2.57. The molecule has 2 aromatic carbocycles. The first-order valence-electron chi connectivity index (χ1n) is 9.85. The molecule has 2 aromatic rings. The third kappa shape index (κ3) is 5.43. The summed E-state index contributed by atoms with van der Waals surface area (Å²) >= 11 is 0. The largest absolute Gasteiger partial charge is 0.379 e. The second-order valence-electron chi connectivity index (χ2n) is 7.12. The molecule has 0 aliphatic carbocycles. The molecular formula is C21H25N3O6S2. The Balaban J connectivity index is 1.84. The zero-order chi connectivity index (χ0) is 23.4. The molecule has 3 rings (SSSR count). The van der Waals surface area contributed by atoms with Gasteiger partial charge < -0.3 is 10.1 Å². The lowest BCUT2D eigenvalue weighted by Gasteiger charge is -2.26. The lowest BCUT2D eigenvalue weighted by atomic mass is 10.2. The summed E-state index contributed by atoms with van der Waals surface area (Å²) in [6, 6.07) is 10.2. The number of benzene rings is 2. The number of carbonyl (C=O) groups excluding carboxylic acids is 1. The Morgan fingerprint density at radius 3 is 2.53 bits per heavy atom. The van der Waals surface area contributed by atoms with Crippen molar-refractivity contribution in [2.24, 2.45) is 0 Å². The molecule has 1 saturated heterocycles. The molecule has 1 amide bonds. The molecule has 0 atom stereocenters. The average Bonchev–Trinajstić information content (AvgIpc) is 2.79. The fraction of sp³-hybridized carbons (Fsp3) is 0.286. The zero-order valence-electron chi connectivity index (χ0n) is 17.6. The first-order valence-corrected chi connectivity index (χ1v) is 12.8. The first kappa shape index (κ1) is 24.1. The maximum atomic E-state index is 13.0. The molecule has 0 saturated carbocycles. The van der Waals surface area contributed by atoms with E-state index in [0.717, 1.165) is 0 Å². The van der Waals surface area contributed by atoms with Crippen LogP contribution in [-0.4, -0.2) is 59.9 Å². The van der Waals surface area contributed by atoms with E-state index in [0.29, 0.717) is 18.8 Å². The van der Waals surface area contributed by atoms with Gasteiger partial charge in [0.15, 0.2) is 0 Å². The Labute approximate surface area is 188 Å². The number of rotatable bonds is 8. The summed E-state index contributed by atoms with van der Waals surface area (Å²) < 4.78 is 59.6. The van der Waals surface area contributed by atoms with Crippen LogP contribution in [0.5, 0.6) is 0 Å². The molecule has 1 heterocycles. The molecule has 172 valence electrons. The van der Waals surface area contributed by atoms with Crippen molar-refractivity contribution in [1.82, 2.24) is 9.03 Å².